The van der Waals surface area contributed by atoms with Crippen LogP contribution >= 0.6 is 0 Å². The van der Waals surface area contributed by atoms with E-state index in [4.69, 9.17) is 0 Å². The lowest BCUT2D eigenvalue weighted by atomic mass is 9.82. The van der Waals surface area contributed by atoms with E-state index in [9.17, 15) is 9.59 Å². The molecule has 0 bridgehead atoms. The monoisotopic (exact) mass is 197 g/mol. The minimum absolute atomic E-state index is 0.00648. The average molecular weight is 197 g/mol. The lowest BCUT2D eigenvalue weighted by Crippen LogP contribution is -2.41. The molecular weight excluding hydrogens is 178 g/mol. The zero-order valence-electron chi connectivity index (χ0n) is 9.30. The number of carbonyl (C=O) groups is 2. The van der Waals surface area contributed by atoms with Crippen molar-refractivity contribution in [1.29, 1.82) is 0 Å². The fraction of sp³-hybridized carbons (Fsp3) is 0.818. The van der Waals surface area contributed by atoms with Crippen molar-refractivity contribution in [2.24, 2.45) is 5.41 Å². The van der Waals surface area contributed by atoms with Gasteiger partial charge in [-0.15, -0.1) is 0 Å². The van der Waals surface area contributed by atoms with Gasteiger partial charge in [0.15, 0.2) is 0 Å². The Hall–Kier alpha value is -0.860. The van der Waals surface area contributed by atoms with Crippen LogP contribution in [0.25, 0.3) is 0 Å². The van der Waals surface area contributed by atoms with E-state index in [1.807, 2.05) is 4.90 Å². The van der Waals surface area contributed by atoms with Crippen molar-refractivity contribution in [3.63, 3.8) is 0 Å². The van der Waals surface area contributed by atoms with Crippen LogP contribution in [0.2, 0.25) is 0 Å². The Labute approximate surface area is 85.5 Å². The number of piperidine rings is 1. The molecule has 0 atom stereocenters. The van der Waals surface area contributed by atoms with Gasteiger partial charge in [-0.2, -0.15) is 0 Å². The van der Waals surface area contributed by atoms with Crippen LogP contribution in [-0.2, 0) is 9.59 Å². The summed E-state index contributed by atoms with van der Waals surface area (Å²) in [6.45, 7) is 7.52. The van der Waals surface area contributed by atoms with Crippen LogP contribution in [0.3, 0.4) is 0 Å². The van der Waals surface area contributed by atoms with E-state index in [1.54, 1.807) is 0 Å². The lowest BCUT2D eigenvalue weighted by Gasteiger charge is -2.36. The highest BCUT2D eigenvalue weighted by Crippen LogP contribution is 2.29. The first-order valence-corrected chi connectivity index (χ1v) is 5.18. The highest BCUT2D eigenvalue weighted by atomic mass is 16.2. The molecule has 0 aromatic heterocycles. The summed E-state index contributed by atoms with van der Waals surface area (Å²) in [6, 6.07) is 0. The van der Waals surface area contributed by atoms with Gasteiger partial charge in [-0.3, -0.25) is 9.59 Å². The lowest BCUT2D eigenvalue weighted by molar-refractivity contribution is -0.136. The topological polar surface area (TPSA) is 37.4 Å². The standard InChI is InChI=1S/C11H19NO2/c1-9(13)8-10(14)12-6-4-11(2,3)5-7-12/h4-8H2,1-3H3. The third kappa shape index (κ3) is 3.13. The fourth-order valence-electron chi connectivity index (χ4n) is 1.69. The van der Waals surface area contributed by atoms with E-state index in [1.165, 1.54) is 6.92 Å². The van der Waals surface area contributed by atoms with Gasteiger partial charge >= 0.3 is 0 Å². The number of hydrogen-bond donors (Lipinski definition) is 0. The molecule has 3 nitrogen and oxygen atoms in total. The first-order chi connectivity index (χ1) is 6.41. The molecule has 0 spiro atoms. The molecule has 1 heterocycles. The number of Topliss-reactive ketones (excluding diaryl/α,β-unsaturated/α-hetero) is 1. The molecule has 1 fully saturated rings. The molecule has 3 heteroatoms. The molecule has 0 aliphatic carbocycles. The Bertz CT molecular complexity index is 236. The van der Waals surface area contributed by atoms with Crippen LogP contribution in [0.1, 0.15) is 40.0 Å². The molecule has 0 radical (unpaired) electrons. The summed E-state index contributed by atoms with van der Waals surface area (Å²) >= 11 is 0. The molecular formula is C11H19NO2. The van der Waals surface area contributed by atoms with Crippen molar-refractivity contribution in [3.8, 4) is 0 Å². The molecule has 1 aliphatic rings. The number of likely N-dealkylation sites (tertiary alicyclic amines) is 1. The summed E-state index contributed by atoms with van der Waals surface area (Å²) in [7, 11) is 0. The zero-order chi connectivity index (χ0) is 10.8. The van der Waals surface area contributed by atoms with Crippen molar-refractivity contribution in [2.75, 3.05) is 13.1 Å². The summed E-state index contributed by atoms with van der Waals surface area (Å²) in [5.74, 6) is -0.0483. The van der Waals surface area contributed by atoms with Crippen LogP contribution in [0, 0.1) is 5.41 Å². The second kappa shape index (κ2) is 4.11. The third-order valence-electron chi connectivity index (χ3n) is 2.87. The number of nitrogens with zero attached hydrogens (tertiary/aromatic N) is 1. The van der Waals surface area contributed by atoms with Gasteiger partial charge in [0.1, 0.15) is 5.78 Å². The van der Waals surface area contributed by atoms with E-state index >= 15 is 0 Å². The molecule has 0 aromatic rings. The number of ketones is 1. The van der Waals surface area contributed by atoms with Gasteiger partial charge in [0.05, 0.1) is 6.42 Å². The highest BCUT2D eigenvalue weighted by molar-refractivity contribution is 5.96. The zero-order valence-corrected chi connectivity index (χ0v) is 9.30. The molecule has 1 aliphatic heterocycles. The summed E-state index contributed by atoms with van der Waals surface area (Å²) in [6.07, 6.45) is 2.15. The second-order valence-corrected chi connectivity index (χ2v) is 4.92. The molecule has 0 unspecified atom stereocenters. The number of carbonyl (C=O) groups excluding carboxylic acids is 2. The normalized spacial score (nSPS) is 20.6. The minimum Gasteiger partial charge on any atom is -0.342 e. The SMILES string of the molecule is CC(=O)CC(=O)N1CCC(C)(C)CC1. The second-order valence-electron chi connectivity index (χ2n) is 4.92. The van der Waals surface area contributed by atoms with Gasteiger partial charge < -0.3 is 4.90 Å². The Morgan fingerprint density at radius 3 is 2.14 bits per heavy atom. The molecule has 0 aromatic carbocycles. The van der Waals surface area contributed by atoms with Crippen LogP contribution in [0.15, 0.2) is 0 Å². The van der Waals surface area contributed by atoms with E-state index in [0.717, 1.165) is 25.9 Å². The molecule has 1 rings (SSSR count). The third-order valence-corrected chi connectivity index (χ3v) is 2.87. The maximum Gasteiger partial charge on any atom is 0.230 e. The van der Waals surface area contributed by atoms with E-state index < -0.39 is 0 Å². The van der Waals surface area contributed by atoms with Crippen molar-refractivity contribution < 1.29 is 9.59 Å². The quantitative estimate of drug-likeness (QED) is 0.631. The average Bonchev–Trinajstić information content (AvgIpc) is 2.02. The fourth-order valence-corrected chi connectivity index (χ4v) is 1.69. The number of rotatable bonds is 2. The van der Waals surface area contributed by atoms with Gasteiger partial charge in [0, 0.05) is 13.1 Å². The van der Waals surface area contributed by atoms with Gasteiger partial charge in [0.25, 0.3) is 0 Å². The number of amides is 1. The van der Waals surface area contributed by atoms with E-state index in [2.05, 4.69) is 13.8 Å². The Kier molecular flexibility index (Phi) is 3.29. The molecule has 1 amide bonds. The van der Waals surface area contributed by atoms with Crippen molar-refractivity contribution in [1.82, 2.24) is 4.90 Å². The summed E-state index contributed by atoms with van der Waals surface area (Å²) in [5, 5.41) is 0. The van der Waals surface area contributed by atoms with Crippen LogP contribution < -0.4 is 0 Å². The molecule has 80 valence electrons. The maximum atomic E-state index is 11.5. The number of hydrogen-bond acceptors (Lipinski definition) is 2. The van der Waals surface area contributed by atoms with Gasteiger partial charge in [-0.1, -0.05) is 13.8 Å². The Morgan fingerprint density at radius 1 is 1.21 bits per heavy atom. The molecule has 1 saturated heterocycles. The Morgan fingerprint density at radius 2 is 1.71 bits per heavy atom. The summed E-state index contributed by atoms with van der Waals surface area (Å²) in [4.78, 5) is 24.1. The highest BCUT2D eigenvalue weighted by Gasteiger charge is 2.27. The smallest absolute Gasteiger partial charge is 0.230 e. The van der Waals surface area contributed by atoms with E-state index in [0.29, 0.717) is 5.41 Å². The molecule has 0 saturated carbocycles. The van der Waals surface area contributed by atoms with Gasteiger partial charge in [-0.05, 0) is 25.2 Å². The predicted molar refractivity (Wildman–Crippen MR) is 54.9 cm³/mol. The van der Waals surface area contributed by atoms with Crippen molar-refractivity contribution in [3.05, 3.63) is 0 Å². The van der Waals surface area contributed by atoms with E-state index in [-0.39, 0.29) is 18.1 Å². The minimum atomic E-state index is -0.0418. The van der Waals surface area contributed by atoms with Crippen LogP contribution in [0.4, 0.5) is 0 Å². The van der Waals surface area contributed by atoms with Crippen molar-refractivity contribution >= 4 is 11.7 Å². The molecule has 0 N–H and O–H groups in total. The summed E-state index contributed by atoms with van der Waals surface area (Å²) in [5.41, 5.74) is 0.354. The summed E-state index contributed by atoms with van der Waals surface area (Å²) < 4.78 is 0. The predicted octanol–water partition coefficient (Wildman–Crippen LogP) is 1.61. The van der Waals surface area contributed by atoms with Crippen molar-refractivity contribution in [2.45, 2.75) is 40.0 Å². The van der Waals surface area contributed by atoms with Gasteiger partial charge in [0.2, 0.25) is 5.91 Å². The molecule has 14 heavy (non-hydrogen) atoms. The first-order valence-electron chi connectivity index (χ1n) is 5.18. The van der Waals surface area contributed by atoms with Crippen LogP contribution in [-0.4, -0.2) is 29.7 Å². The maximum absolute atomic E-state index is 11.5. The Balaban J connectivity index is 2.42. The first kappa shape index (κ1) is 11.2. The largest absolute Gasteiger partial charge is 0.342 e. The van der Waals surface area contributed by atoms with Gasteiger partial charge in [-0.25, -0.2) is 0 Å². The van der Waals surface area contributed by atoms with Crippen LogP contribution in [0.5, 0.6) is 0 Å².